The van der Waals surface area contributed by atoms with Crippen LogP contribution in [-0.4, -0.2) is 44.7 Å². The average molecular weight is 493 g/mol. The Morgan fingerprint density at radius 2 is 2.06 bits per heavy atom. The maximum Gasteiger partial charge on any atom is 0.294 e. The molecule has 0 atom stereocenters. The number of nitrogens with zero attached hydrogens (tertiary/aromatic N) is 2. The molecule has 0 aliphatic carbocycles. The Bertz CT molecular complexity index is 1140. The lowest BCUT2D eigenvalue weighted by atomic mass is 10.2. The number of rotatable bonds is 10. The normalized spacial score (nSPS) is 16.7. The van der Waals surface area contributed by atoms with E-state index in [2.05, 4.69) is 17.9 Å². The van der Waals surface area contributed by atoms with E-state index in [9.17, 15) is 13.2 Å². The molecule has 2 aromatic rings. The Balaban J connectivity index is 1.90. The van der Waals surface area contributed by atoms with E-state index < -0.39 is 10.0 Å². The number of sulfonamides is 1. The molecular weight excluding hydrogens is 468 g/mol. The van der Waals surface area contributed by atoms with Crippen LogP contribution in [0, 0.1) is 0 Å². The first-order valence-electron chi connectivity index (χ1n) is 9.91. The number of amidine groups is 1. The summed E-state index contributed by atoms with van der Waals surface area (Å²) in [5, 5.41) is 1.76. The van der Waals surface area contributed by atoms with E-state index in [0.29, 0.717) is 23.0 Å². The minimum Gasteiger partial charge on any atom is -0.493 e. The quantitative estimate of drug-likeness (QED) is 0.270. The van der Waals surface area contributed by atoms with Crippen molar-refractivity contribution >= 4 is 50.3 Å². The van der Waals surface area contributed by atoms with Crippen LogP contribution in [0.2, 0.25) is 0 Å². The molecule has 170 valence electrons. The van der Waals surface area contributed by atoms with Gasteiger partial charge in [-0.2, -0.15) is 8.42 Å². The van der Waals surface area contributed by atoms with Crippen LogP contribution in [0.1, 0.15) is 25.3 Å². The predicted octanol–water partition coefficient (Wildman–Crippen LogP) is 4.78. The lowest BCUT2D eigenvalue weighted by Gasteiger charge is -2.12. The van der Waals surface area contributed by atoms with Crippen molar-refractivity contribution < 1.29 is 22.7 Å². The van der Waals surface area contributed by atoms with Gasteiger partial charge in [0.25, 0.3) is 15.9 Å². The van der Waals surface area contributed by atoms with Crippen LogP contribution in [0.25, 0.3) is 6.08 Å². The monoisotopic (exact) mass is 492 g/mol. The van der Waals surface area contributed by atoms with Crippen LogP contribution >= 0.6 is 23.1 Å². The zero-order valence-corrected chi connectivity index (χ0v) is 20.3. The fourth-order valence-electron chi connectivity index (χ4n) is 2.80. The van der Waals surface area contributed by atoms with Crippen molar-refractivity contribution in [2.75, 3.05) is 20.3 Å². The van der Waals surface area contributed by atoms with Gasteiger partial charge in [-0.15, -0.1) is 22.3 Å². The lowest BCUT2D eigenvalue weighted by molar-refractivity contribution is -0.121. The zero-order valence-electron chi connectivity index (χ0n) is 17.8. The first kappa shape index (κ1) is 24.1. The number of ether oxygens (including phenoxy) is 2. The number of hydrogen-bond donors (Lipinski definition) is 0. The number of thiophene rings is 1. The highest BCUT2D eigenvalue weighted by Crippen LogP contribution is 2.36. The van der Waals surface area contributed by atoms with Crippen LogP contribution in [0.15, 0.2) is 61.9 Å². The topological polar surface area (TPSA) is 85.3 Å². The Morgan fingerprint density at radius 3 is 2.72 bits per heavy atom. The highest BCUT2D eigenvalue weighted by molar-refractivity contribution is 8.19. The SMILES string of the molecule is C=CCN1C(=O)/C(=C/c2ccc(OCCCC)c(OC)c2)SC1=NS(=O)(=O)c1cccs1. The van der Waals surface area contributed by atoms with E-state index in [0.717, 1.165) is 41.5 Å². The zero-order chi connectivity index (χ0) is 23.1. The number of benzene rings is 1. The number of carbonyl (C=O) groups excluding carboxylic acids is 1. The second-order valence-corrected chi connectivity index (χ2v) is 10.5. The molecule has 0 unspecified atom stereocenters. The molecule has 1 saturated heterocycles. The van der Waals surface area contributed by atoms with Crippen molar-refractivity contribution in [2.45, 2.75) is 24.0 Å². The number of methoxy groups -OCH3 is 1. The fourth-order valence-corrected chi connectivity index (χ4v) is 5.95. The highest BCUT2D eigenvalue weighted by Gasteiger charge is 2.34. The number of carbonyl (C=O) groups is 1. The Morgan fingerprint density at radius 1 is 1.25 bits per heavy atom. The molecule has 0 spiro atoms. The van der Waals surface area contributed by atoms with E-state index in [1.54, 1.807) is 36.8 Å². The third-order valence-corrected chi connectivity index (χ3v) is 8.15. The number of hydrogen-bond acceptors (Lipinski definition) is 7. The van der Waals surface area contributed by atoms with Gasteiger partial charge in [0.15, 0.2) is 16.7 Å². The predicted molar refractivity (Wildman–Crippen MR) is 130 cm³/mol. The summed E-state index contributed by atoms with van der Waals surface area (Å²) < 4.78 is 40.4. The van der Waals surface area contributed by atoms with Crippen molar-refractivity contribution in [3.05, 3.63) is 58.8 Å². The summed E-state index contributed by atoms with van der Waals surface area (Å²) in [5.74, 6) is 0.853. The first-order valence-corrected chi connectivity index (χ1v) is 13.0. The summed E-state index contributed by atoms with van der Waals surface area (Å²) >= 11 is 2.09. The maximum atomic E-state index is 12.9. The molecule has 3 rings (SSSR count). The van der Waals surface area contributed by atoms with E-state index in [1.165, 1.54) is 17.0 Å². The van der Waals surface area contributed by atoms with Gasteiger partial charge in [0.1, 0.15) is 4.21 Å². The van der Waals surface area contributed by atoms with Crippen molar-refractivity contribution in [3.63, 3.8) is 0 Å². The van der Waals surface area contributed by atoms with Gasteiger partial charge in [0.05, 0.1) is 18.6 Å². The van der Waals surface area contributed by atoms with Crippen LogP contribution in [0.3, 0.4) is 0 Å². The van der Waals surface area contributed by atoms with E-state index in [-0.39, 0.29) is 21.8 Å². The fraction of sp³-hybridized carbons (Fsp3) is 0.273. The summed E-state index contributed by atoms with van der Waals surface area (Å²) in [6, 6.07) is 8.51. The van der Waals surface area contributed by atoms with Crippen LogP contribution in [0.4, 0.5) is 0 Å². The van der Waals surface area contributed by atoms with Crippen molar-refractivity contribution in [3.8, 4) is 11.5 Å². The number of thioether (sulfide) groups is 1. The van der Waals surface area contributed by atoms with Crippen LogP contribution in [-0.2, 0) is 14.8 Å². The second-order valence-electron chi connectivity index (χ2n) is 6.71. The lowest BCUT2D eigenvalue weighted by Crippen LogP contribution is -2.29. The van der Waals surface area contributed by atoms with E-state index in [1.807, 2.05) is 6.07 Å². The summed E-state index contributed by atoms with van der Waals surface area (Å²) in [6.45, 7) is 6.49. The molecule has 2 heterocycles. The summed E-state index contributed by atoms with van der Waals surface area (Å²) in [4.78, 5) is 14.6. The Labute approximate surface area is 196 Å². The smallest absolute Gasteiger partial charge is 0.294 e. The second kappa shape index (κ2) is 10.8. The molecule has 1 aliphatic heterocycles. The minimum absolute atomic E-state index is 0.0982. The largest absolute Gasteiger partial charge is 0.493 e. The summed E-state index contributed by atoms with van der Waals surface area (Å²) in [5.41, 5.74) is 0.724. The van der Waals surface area contributed by atoms with Gasteiger partial charge in [-0.1, -0.05) is 31.6 Å². The van der Waals surface area contributed by atoms with Gasteiger partial charge in [-0.3, -0.25) is 9.69 Å². The third-order valence-electron chi connectivity index (χ3n) is 4.39. The Kier molecular flexibility index (Phi) is 8.16. The molecule has 7 nitrogen and oxygen atoms in total. The molecule has 0 N–H and O–H groups in total. The van der Waals surface area contributed by atoms with Crippen LogP contribution in [0.5, 0.6) is 11.5 Å². The number of amides is 1. The van der Waals surface area contributed by atoms with Crippen molar-refractivity contribution in [1.29, 1.82) is 0 Å². The van der Waals surface area contributed by atoms with Gasteiger partial charge >= 0.3 is 0 Å². The average Bonchev–Trinajstić information content (AvgIpc) is 3.41. The van der Waals surface area contributed by atoms with Gasteiger partial charge < -0.3 is 9.47 Å². The highest BCUT2D eigenvalue weighted by atomic mass is 32.2. The molecule has 0 radical (unpaired) electrons. The molecule has 1 fully saturated rings. The van der Waals surface area contributed by atoms with E-state index >= 15 is 0 Å². The van der Waals surface area contributed by atoms with E-state index in [4.69, 9.17) is 9.47 Å². The molecule has 1 aromatic heterocycles. The first-order chi connectivity index (χ1) is 15.4. The van der Waals surface area contributed by atoms with Gasteiger partial charge in [-0.25, -0.2) is 0 Å². The minimum atomic E-state index is -3.91. The maximum absolute atomic E-state index is 12.9. The van der Waals surface area contributed by atoms with Gasteiger partial charge in [0, 0.05) is 6.54 Å². The molecule has 1 aromatic carbocycles. The third kappa shape index (κ3) is 5.62. The standard InChI is InChI=1S/C22H24N2O5S3/c1-4-6-12-29-17-10-9-16(14-18(17)28-3)15-19-21(25)24(11-5-2)22(31-19)23-32(26,27)20-8-7-13-30-20/h5,7-10,13-15H,2,4,6,11-12H2,1,3H3/b19-15-,23-22?. The molecule has 1 amide bonds. The van der Waals surface area contributed by atoms with Gasteiger partial charge in [0.2, 0.25) is 0 Å². The molecular formula is C22H24N2O5S3. The molecule has 32 heavy (non-hydrogen) atoms. The molecule has 0 bridgehead atoms. The summed E-state index contributed by atoms with van der Waals surface area (Å²) in [6.07, 6.45) is 5.18. The van der Waals surface area contributed by atoms with Crippen molar-refractivity contribution in [2.24, 2.45) is 4.40 Å². The van der Waals surface area contributed by atoms with Crippen LogP contribution < -0.4 is 9.47 Å². The van der Waals surface area contributed by atoms with Gasteiger partial charge in [-0.05, 0) is 53.4 Å². The molecule has 0 saturated carbocycles. The summed E-state index contributed by atoms with van der Waals surface area (Å²) in [7, 11) is -2.35. The number of unbranched alkanes of at least 4 members (excludes halogenated alkanes) is 1. The van der Waals surface area contributed by atoms with Crippen molar-refractivity contribution in [1.82, 2.24) is 4.90 Å². The molecule has 10 heteroatoms. The molecule has 1 aliphatic rings. The Hall–Kier alpha value is -2.56.